The second kappa shape index (κ2) is 37.0. The van der Waals surface area contributed by atoms with Gasteiger partial charge in [0, 0.05) is 12.8 Å². The zero-order chi connectivity index (χ0) is 44.3. The highest BCUT2D eigenvalue weighted by Gasteiger charge is 2.51. The molecule has 0 heterocycles. The van der Waals surface area contributed by atoms with Crippen molar-refractivity contribution in [3.05, 3.63) is 12.2 Å². The number of phosphoric ester groups is 1. The Balaban J connectivity index is 2.44. The number of aliphatic hydroxyl groups excluding tert-OH is 5. The summed E-state index contributed by atoms with van der Waals surface area (Å²) in [6.45, 7) is 3.31. The SMILES string of the molecule is CCCCCCCC/C=C/CCCCCCCCCC(=O)O[C@H](COC(=O)CCCCCCCCCCCCCCCC)COP(=O)(O)OC1C(O)C(O)C(O)[C@@H](O)C1O. The zero-order valence-corrected chi connectivity index (χ0v) is 38.4. The molecule has 1 fully saturated rings. The fraction of sp³-hybridized carbons (Fsp3) is 0.913. The van der Waals surface area contributed by atoms with Crippen LogP contribution in [0.2, 0.25) is 0 Å². The smallest absolute Gasteiger partial charge is 0.462 e. The molecule has 13 nitrogen and oxygen atoms in total. The van der Waals surface area contributed by atoms with Crippen LogP contribution in [0.1, 0.15) is 213 Å². The number of esters is 2. The first kappa shape index (κ1) is 56.6. The van der Waals surface area contributed by atoms with E-state index in [0.717, 1.165) is 51.4 Å². The molecule has 6 unspecified atom stereocenters. The molecule has 1 rings (SSSR count). The molecule has 1 aliphatic carbocycles. The summed E-state index contributed by atoms with van der Waals surface area (Å²) in [5.74, 6) is -1.09. The Morgan fingerprint density at radius 3 is 1.27 bits per heavy atom. The topological polar surface area (TPSA) is 210 Å². The average molecular weight is 879 g/mol. The van der Waals surface area contributed by atoms with Gasteiger partial charge in [0.15, 0.2) is 6.10 Å². The first-order valence-electron chi connectivity index (χ1n) is 24.0. The van der Waals surface area contributed by atoms with E-state index in [0.29, 0.717) is 12.8 Å². The van der Waals surface area contributed by atoms with E-state index >= 15 is 0 Å². The van der Waals surface area contributed by atoms with Gasteiger partial charge in [-0.1, -0.05) is 174 Å². The number of phosphoric acid groups is 1. The molecule has 6 N–H and O–H groups in total. The Morgan fingerprint density at radius 2 is 0.850 bits per heavy atom. The number of hydrogen-bond donors (Lipinski definition) is 6. The van der Waals surface area contributed by atoms with Crippen LogP contribution < -0.4 is 0 Å². The molecule has 8 atom stereocenters. The van der Waals surface area contributed by atoms with Crippen molar-refractivity contribution in [3.8, 4) is 0 Å². The van der Waals surface area contributed by atoms with E-state index in [1.807, 2.05) is 0 Å². The summed E-state index contributed by atoms with van der Waals surface area (Å²) < 4.78 is 33.6. The van der Waals surface area contributed by atoms with Gasteiger partial charge in [0.25, 0.3) is 0 Å². The fourth-order valence-corrected chi connectivity index (χ4v) is 8.43. The van der Waals surface area contributed by atoms with Crippen LogP contribution in [0.25, 0.3) is 0 Å². The molecule has 0 aliphatic heterocycles. The molecule has 0 aromatic carbocycles. The van der Waals surface area contributed by atoms with Gasteiger partial charge in [-0.15, -0.1) is 0 Å². The van der Waals surface area contributed by atoms with Crippen LogP contribution in [0.5, 0.6) is 0 Å². The maximum absolute atomic E-state index is 12.8. The molecule has 0 bridgehead atoms. The van der Waals surface area contributed by atoms with Crippen molar-refractivity contribution in [3.63, 3.8) is 0 Å². The van der Waals surface area contributed by atoms with Crippen LogP contribution in [-0.2, 0) is 32.7 Å². The highest BCUT2D eigenvalue weighted by Crippen LogP contribution is 2.47. The van der Waals surface area contributed by atoms with Gasteiger partial charge in [0.2, 0.25) is 0 Å². The molecule has 0 aromatic rings. The summed E-state index contributed by atoms with van der Waals surface area (Å²) >= 11 is 0. The van der Waals surface area contributed by atoms with E-state index in [-0.39, 0.29) is 12.8 Å². The van der Waals surface area contributed by atoms with E-state index in [9.17, 15) is 44.6 Å². The largest absolute Gasteiger partial charge is 0.472 e. The maximum atomic E-state index is 12.8. The number of aliphatic hydroxyl groups is 5. The Bertz CT molecular complexity index is 1110. The molecule has 0 amide bonds. The summed E-state index contributed by atoms with van der Waals surface area (Å²) in [6.07, 6.45) is 25.5. The predicted octanol–water partition coefficient (Wildman–Crippen LogP) is 9.45. The summed E-state index contributed by atoms with van der Waals surface area (Å²) in [7, 11) is -5.11. The number of carbonyl (C=O) groups excluding carboxylic acids is 2. The van der Waals surface area contributed by atoms with E-state index in [1.54, 1.807) is 0 Å². The quantitative estimate of drug-likeness (QED) is 0.0147. The molecule has 14 heteroatoms. The third-order valence-electron chi connectivity index (χ3n) is 11.4. The van der Waals surface area contributed by atoms with Crippen molar-refractivity contribution in [2.24, 2.45) is 0 Å². The molecule has 1 saturated carbocycles. The lowest BCUT2D eigenvalue weighted by Crippen LogP contribution is -2.64. The normalized spacial score (nSPS) is 22.2. The third-order valence-corrected chi connectivity index (χ3v) is 12.3. The predicted molar refractivity (Wildman–Crippen MR) is 235 cm³/mol. The summed E-state index contributed by atoms with van der Waals surface area (Å²) in [5, 5.41) is 50.2. The van der Waals surface area contributed by atoms with Gasteiger partial charge in [-0.3, -0.25) is 18.6 Å². The highest BCUT2D eigenvalue weighted by molar-refractivity contribution is 7.47. The molecule has 1 aliphatic rings. The van der Waals surface area contributed by atoms with Crippen molar-refractivity contribution in [2.75, 3.05) is 13.2 Å². The Kier molecular flexibility index (Phi) is 34.9. The lowest BCUT2D eigenvalue weighted by Gasteiger charge is -2.41. The van der Waals surface area contributed by atoms with Gasteiger partial charge in [0.05, 0.1) is 6.61 Å². The second-order valence-electron chi connectivity index (χ2n) is 17.0. The highest BCUT2D eigenvalue weighted by atomic mass is 31.2. The number of ether oxygens (including phenoxy) is 2. The standard InChI is InChI=1S/C46H87O13P/c1-3-5-7-9-11-13-15-17-19-20-21-23-25-27-29-31-33-35-40(48)58-38(37-57-60(54,55)59-46-44(52)42(50)41(49)43(51)45(46)53)36-56-39(47)34-32-30-28-26-24-22-18-16-14-12-10-8-6-4-2/h17,19,38,41-46,49-53H,3-16,18,20-37H2,1-2H3,(H,54,55)/b19-17+/t38-,41?,42-,43?,44?,45?,46?/m1/s1. The van der Waals surface area contributed by atoms with Crippen LogP contribution in [0, 0.1) is 0 Å². The van der Waals surface area contributed by atoms with Gasteiger partial charge < -0.3 is 39.9 Å². The number of allylic oxidation sites excluding steroid dienone is 2. The summed E-state index contributed by atoms with van der Waals surface area (Å²) in [6, 6.07) is 0. The van der Waals surface area contributed by atoms with Gasteiger partial charge in [-0.05, 0) is 38.5 Å². The molecule has 0 spiro atoms. The number of carbonyl (C=O) groups is 2. The molecule has 0 saturated heterocycles. The van der Waals surface area contributed by atoms with Crippen LogP contribution in [0.3, 0.4) is 0 Å². The lowest BCUT2D eigenvalue weighted by molar-refractivity contribution is -0.220. The molecular formula is C46H87O13P. The number of rotatable bonds is 40. The molecular weight excluding hydrogens is 791 g/mol. The van der Waals surface area contributed by atoms with Crippen LogP contribution in [0.15, 0.2) is 12.2 Å². The minimum atomic E-state index is -5.11. The van der Waals surface area contributed by atoms with Crippen molar-refractivity contribution in [2.45, 2.75) is 256 Å². The Labute approximate surface area is 363 Å². The van der Waals surface area contributed by atoms with Crippen molar-refractivity contribution in [1.29, 1.82) is 0 Å². The van der Waals surface area contributed by atoms with Crippen molar-refractivity contribution >= 4 is 19.8 Å². The molecule has 0 radical (unpaired) electrons. The van der Waals surface area contributed by atoms with E-state index < -0.39 is 75.7 Å². The monoisotopic (exact) mass is 879 g/mol. The third kappa shape index (κ3) is 29.0. The van der Waals surface area contributed by atoms with Gasteiger partial charge in [-0.25, -0.2) is 4.57 Å². The maximum Gasteiger partial charge on any atom is 0.472 e. The van der Waals surface area contributed by atoms with E-state index in [4.69, 9.17) is 18.5 Å². The van der Waals surface area contributed by atoms with Crippen molar-refractivity contribution < 1.29 is 63.1 Å². The fourth-order valence-electron chi connectivity index (χ4n) is 7.46. The Hall–Kier alpha value is -1.41. The van der Waals surface area contributed by atoms with Crippen LogP contribution in [0.4, 0.5) is 0 Å². The molecule has 60 heavy (non-hydrogen) atoms. The zero-order valence-electron chi connectivity index (χ0n) is 37.5. The average Bonchev–Trinajstić information content (AvgIpc) is 3.23. The van der Waals surface area contributed by atoms with Crippen LogP contribution in [-0.4, -0.2) is 98.3 Å². The minimum absolute atomic E-state index is 0.0960. The van der Waals surface area contributed by atoms with E-state index in [1.165, 1.54) is 122 Å². The summed E-state index contributed by atoms with van der Waals surface area (Å²) in [5.41, 5.74) is 0. The minimum Gasteiger partial charge on any atom is -0.462 e. The first-order chi connectivity index (χ1) is 28.9. The number of unbranched alkanes of at least 4 members (excludes halogenated alkanes) is 26. The van der Waals surface area contributed by atoms with Crippen LogP contribution >= 0.6 is 7.82 Å². The lowest BCUT2D eigenvalue weighted by atomic mass is 9.85. The molecule has 354 valence electrons. The van der Waals surface area contributed by atoms with E-state index in [2.05, 4.69) is 26.0 Å². The Morgan fingerprint density at radius 1 is 0.500 bits per heavy atom. The first-order valence-corrected chi connectivity index (χ1v) is 25.5. The second-order valence-corrected chi connectivity index (χ2v) is 18.4. The van der Waals surface area contributed by atoms with Gasteiger partial charge in [0.1, 0.15) is 43.2 Å². The number of hydrogen-bond acceptors (Lipinski definition) is 12. The molecule has 0 aromatic heterocycles. The van der Waals surface area contributed by atoms with Gasteiger partial charge >= 0.3 is 19.8 Å². The van der Waals surface area contributed by atoms with Gasteiger partial charge in [-0.2, -0.15) is 0 Å². The van der Waals surface area contributed by atoms with Crippen molar-refractivity contribution in [1.82, 2.24) is 0 Å². The summed E-state index contributed by atoms with van der Waals surface area (Å²) in [4.78, 5) is 35.7.